The quantitative estimate of drug-likeness (QED) is 0.412. The highest BCUT2D eigenvalue weighted by Gasteiger charge is 2.12. The molecule has 5 heteroatoms. The minimum absolute atomic E-state index is 0.293. The zero-order chi connectivity index (χ0) is 14.9. The number of hydrogen-bond acceptors (Lipinski definition) is 4. The summed E-state index contributed by atoms with van der Waals surface area (Å²) in [7, 11) is 0. The number of carbonyl (C=O) groups excluding carboxylic acids is 1. The van der Waals surface area contributed by atoms with E-state index in [-0.39, 0.29) is 6.10 Å². The van der Waals surface area contributed by atoms with Gasteiger partial charge in [-0.15, -0.1) is 0 Å². The second-order valence-electron chi connectivity index (χ2n) is 4.33. The molecule has 5 nitrogen and oxygen atoms in total. The molecule has 0 aromatic heterocycles. The number of hydrogen-bond donors (Lipinski definition) is 3. The van der Waals surface area contributed by atoms with Gasteiger partial charge in [0.25, 0.3) is 0 Å². The van der Waals surface area contributed by atoms with E-state index >= 15 is 0 Å². The summed E-state index contributed by atoms with van der Waals surface area (Å²) in [6.45, 7) is 0. The van der Waals surface area contributed by atoms with Gasteiger partial charge in [0, 0.05) is 6.20 Å². The molecule has 2 rings (SSSR count). The van der Waals surface area contributed by atoms with Crippen LogP contribution in [-0.2, 0) is 9.63 Å². The molecule has 1 unspecified atom stereocenters. The fourth-order valence-electron chi connectivity index (χ4n) is 1.98. The van der Waals surface area contributed by atoms with E-state index in [0.29, 0.717) is 6.41 Å². The first-order valence-electron chi connectivity index (χ1n) is 6.47. The SMILES string of the molecule is NOC(c1ccccc1)c1ccc(/C=C/NNC=O)cc1. The monoisotopic (exact) mass is 283 g/mol. The lowest BCUT2D eigenvalue weighted by molar-refractivity contribution is -0.110. The lowest BCUT2D eigenvalue weighted by atomic mass is 10.0. The molecule has 108 valence electrons. The second-order valence-corrected chi connectivity index (χ2v) is 4.33. The molecule has 0 heterocycles. The average Bonchev–Trinajstić information content (AvgIpc) is 2.55. The Kier molecular flexibility index (Phi) is 5.51. The molecule has 0 spiro atoms. The van der Waals surface area contributed by atoms with Crippen LogP contribution in [0.25, 0.3) is 6.08 Å². The second kappa shape index (κ2) is 7.84. The smallest absolute Gasteiger partial charge is 0.225 e. The molecule has 0 saturated carbocycles. The number of nitrogens with one attached hydrogen (secondary N) is 2. The Labute approximate surface area is 123 Å². The zero-order valence-electron chi connectivity index (χ0n) is 11.4. The van der Waals surface area contributed by atoms with E-state index < -0.39 is 0 Å². The summed E-state index contributed by atoms with van der Waals surface area (Å²) in [5.41, 5.74) is 7.90. The van der Waals surface area contributed by atoms with Crippen molar-refractivity contribution >= 4 is 12.5 Å². The van der Waals surface area contributed by atoms with Gasteiger partial charge >= 0.3 is 0 Å². The third-order valence-electron chi connectivity index (χ3n) is 2.98. The summed E-state index contributed by atoms with van der Waals surface area (Å²) >= 11 is 0. The number of rotatable bonds is 7. The van der Waals surface area contributed by atoms with Crippen LogP contribution in [0.5, 0.6) is 0 Å². The van der Waals surface area contributed by atoms with Crippen molar-refractivity contribution in [3.63, 3.8) is 0 Å². The van der Waals surface area contributed by atoms with Crippen molar-refractivity contribution in [3.05, 3.63) is 77.5 Å². The molecule has 1 amide bonds. The van der Waals surface area contributed by atoms with Crippen LogP contribution in [-0.4, -0.2) is 6.41 Å². The van der Waals surface area contributed by atoms with Gasteiger partial charge in [-0.25, -0.2) is 5.90 Å². The van der Waals surface area contributed by atoms with E-state index in [1.54, 1.807) is 6.20 Å². The van der Waals surface area contributed by atoms with Crippen molar-refractivity contribution in [2.75, 3.05) is 0 Å². The Balaban J connectivity index is 2.10. The number of hydrazine groups is 1. The maximum absolute atomic E-state index is 10.1. The van der Waals surface area contributed by atoms with Crippen LogP contribution in [0.15, 0.2) is 60.8 Å². The Morgan fingerprint density at radius 1 is 0.952 bits per heavy atom. The van der Waals surface area contributed by atoms with Crippen molar-refractivity contribution in [2.24, 2.45) is 5.90 Å². The van der Waals surface area contributed by atoms with Gasteiger partial charge < -0.3 is 5.43 Å². The van der Waals surface area contributed by atoms with Gasteiger partial charge in [0.15, 0.2) is 0 Å². The van der Waals surface area contributed by atoms with Crippen molar-refractivity contribution in [1.29, 1.82) is 0 Å². The van der Waals surface area contributed by atoms with Gasteiger partial charge in [0.05, 0.1) is 0 Å². The van der Waals surface area contributed by atoms with E-state index in [0.717, 1.165) is 16.7 Å². The van der Waals surface area contributed by atoms with Crippen LogP contribution in [0.3, 0.4) is 0 Å². The van der Waals surface area contributed by atoms with Crippen molar-refractivity contribution in [1.82, 2.24) is 10.9 Å². The van der Waals surface area contributed by atoms with Crippen LogP contribution in [0.2, 0.25) is 0 Å². The summed E-state index contributed by atoms with van der Waals surface area (Å²) in [6.07, 6.45) is 3.74. The van der Waals surface area contributed by atoms with Gasteiger partial charge in [-0.2, -0.15) is 0 Å². The first-order valence-corrected chi connectivity index (χ1v) is 6.47. The molecule has 0 fully saturated rings. The summed E-state index contributed by atoms with van der Waals surface area (Å²) < 4.78 is 0. The molecule has 0 aliphatic rings. The van der Waals surface area contributed by atoms with Crippen LogP contribution in [0.4, 0.5) is 0 Å². The number of nitrogens with two attached hydrogens (primary N) is 1. The fraction of sp³-hybridized carbons (Fsp3) is 0.0625. The van der Waals surface area contributed by atoms with Gasteiger partial charge in [0.1, 0.15) is 6.10 Å². The molecule has 2 aromatic rings. The third-order valence-corrected chi connectivity index (χ3v) is 2.98. The standard InChI is InChI=1S/C16H17N3O2/c17-21-16(14-4-2-1-3-5-14)15-8-6-13(7-9-15)10-11-18-19-12-20/h1-12,16,18H,17H2,(H,19,20)/b11-10+. The molecule has 0 radical (unpaired) electrons. The topological polar surface area (TPSA) is 76.4 Å². The van der Waals surface area contributed by atoms with Crippen molar-refractivity contribution < 1.29 is 9.63 Å². The molecule has 2 aromatic carbocycles. The van der Waals surface area contributed by atoms with Gasteiger partial charge in [-0.1, -0.05) is 54.6 Å². The summed E-state index contributed by atoms with van der Waals surface area (Å²) in [5, 5.41) is 0. The molecular weight excluding hydrogens is 266 g/mol. The number of carbonyl (C=O) groups is 1. The minimum Gasteiger partial charge on any atom is -0.306 e. The van der Waals surface area contributed by atoms with Crippen LogP contribution >= 0.6 is 0 Å². The molecule has 0 bridgehead atoms. The van der Waals surface area contributed by atoms with E-state index in [1.807, 2.05) is 60.7 Å². The predicted molar refractivity (Wildman–Crippen MR) is 81.4 cm³/mol. The van der Waals surface area contributed by atoms with E-state index in [4.69, 9.17) is 10.7 Å². The van der Waals surface area contributed by atoms with Gasteiger partial charge in [0.2, 0.25) is 6.41 Å². The van der Waals surface area contributed by atoms with E-state index in [2.05, 4.69) is 10.9 Å². The number of benzene rings is 2. The normalized spacial score (nSPS) is 12.0. The number of amides is 1. The largest absolute Gasteiger partial charge is 0.306 e. The molecule has 1 atom stereocenters. The maximum Gasteiger partial charge on any atom is 0.225 e. The van der Waals surface area contributed by atoms with E-state index in [9.17, 15) is 4.79 Å². The van der Waals surface area contributed by atoms with Crippen LogP contribution < -0.4 is 16.7 Å². The van der Waals surface area contributed by atoms with Crippen LogP contribution in [0, 0.1) is 0 Å². The van der Waals surface area contributed by atoms with Crippen molar-refractivity contribution in [2.45, 2.75) is 6.10 Å². The highest BCUT2D eigenvalue weighted by Crippen LogP contribution is 2.24. The molecule has 0 saturated heterocycles. The molecular formula is C16H17N3O2. The lowest BCUT2D eigenvalue weighted by Gasteiger charge is -2.15. The first-order chi connectivity index (χ1) is 10.3. The Bertz CT molecular complexity index is 582. The average molecular weight is 283 g/mol. The highest BCUT2D eigenvalue weighted by atomic mass is 16.6. The summed E-state index contributed by atoms with van der Waals surface area (Å²) in [5.74, 6) is 5.42. The van der Waals surface area contributed by atoms with Crippen LogP contribution in [0.1, 0.15) is 22.8 Å². The Morgan fingerprint density at radius 2 is 1.62 bits per heavy atom. The fourth-order valence-corrected chi connectivity index (χ4v) is 1.98. The van der Waals surface area contributed by atoms with Gasteiger partial charge in [-0.05, 0) is 22.8 Å². The predicted octanol–water partition coefficient (Wildman–Crippen LogP) is 1.89. The Hall–Kier alpha value is -2.63. The summed E-state index contributed by atoms with van der Waals surface area (Å²) in [4.78, 5) is 15.2. The lowest BCUT2D eigenvalue weighted by Crippen LogP contribution is -2.24. The molecule has 21 heavy (non-hydrogen) atoms. The third kappa shape index (κ3) is 4.17. The minimum atomic E-state index is -0.293. The molecule has 4 N–H and O–H groups in total. The zero-order valence-corrected chi connectivity index (χ0v) is 11.4. The van der Waals surface area contributed by atoms with E-state index in [1.165, 1.54) is 0 Å². The highest BCUT2D eigenvalue weighted by molar-refractivity contribution is 5.51. The molecule has 0 aliphatic heterocycles. The summed E-state index contributed by atoms with van der Waals surface area (Å²) in [6, 6.07) is 17.6. The maximum atomic E-state index is 10.1. The molecule has 0 aliphatic carbocycles. The first kappa shape index (κ1) is 14.8. The van der Waals surface area contributed by atoms with Gasteiger partial charge in [-0.3, -0.25) is 15.1 Å². The van der Waals surface area contributed by atoms with Crippen molar-refractivity contribution in [3.8, 4) is 0 Å². The Morgan fingerprint density at radius 3 is 2.24 bits per heavy atom.